The van der Waals surface area contributed by atoms with Gasteiger partial charge in [-0.1, -0.05) is 30.3 Å². The Labute approximate surface area is 205 Å². The molecule has 1 fully saturated rings. The molecule has 8 heteroatoms. The van der Waals surface area contributed by atoms with Crippen LogP contribution in [0.1, 0.15) is 12.0 Å². The first-order valence-electron chi connectivity index (χ1n) is 10.3. The number of amides is 1. The molecule has 2 N–H and O–H groups in total. The molecule has 1 amide bonds. The van der Waals surface area contributed by atoms with E-state index >= 15 is 0 Å². The van der Waals surface area contributed by atoms with E-state index in [9.17, 15) is 9.18 Å². The first kappa shape index (κ1) is 25.5. The van der Waals surface area contributed by atoms with E-state index in [0.29, 0.717) is 12.3 Å². The van der Waals surface area contributed by atoms with Crippen LogP contribution < -0.4 is 10.6 Å². The molecule has 0 saturated carbocycles. The molecule has 5 nitrogen and oxygen atoms in total. The number of carbonyl (C=O) groups is 1. The number of thioether (sulfide) groups is 1. The maximum Gasteiger partial charge on any atom is 0.223 e. The molecular weight excluding hydrogens is 526 g/mol. The number of nitrogens with zero attached hydrogens (tertiary/aromatic N) is 2. The minimum atomic E-state index is -0.217. The molecule has 0 radical (unpaired) electrons. The number of likely N-dealkylation sites (tertiary alicyclic amines) is 1. The molecule has 1 aliphatic heterocycles. The van der Waals surface area contributed by atoms with Crippen LogP contribution in [-0.4, -0.2) is 55.7 Å². The van der Waals surface area contributed by atoms with Crippen molar-refractivity contribution in [1.82, 2.24) is 15.5 Å². The summed E-state index contributed by atoms with van der Waals surface area (Å²) in [6.07, 6.45) is 1.47. The van der Waals surface area contributed by atoms with Crippen LogP contribution in [-0.2, 0) is 11.2 Å². The second kappa shape index (κ2) is 13.6. The molecule has 1 unspecified atom stereocenters. The van der Waals surface area contributed by atoms with Gasteiger partial charge in [0.1, 0.15) is 5.82 Å². The first-order valence-corrected chi connectivity index (χ1v) is 11.3. The van der Waals surface area contributed by atoms with Crippen LogP contribution in [0.25, 0.3) is 0 Å². The zero-order valence-corrected chi connectivity index (χ0v) is 20.9. The highest BCUT2D eigenvalue weighted by Crippen LogP contribution is 2.18. The number of guanidine groups is 1. The molecule has 1 aliphatic rings. The lowest BCUT2D eigenvalue weighted by atomic mass is 10.1. The molecule has 1 heterocycles. The maximum absolute atomic E-state index is 12.9. The van der Waals surface area contributed by atoms with E-state index in [0.717, 1.165) is 49.2 Å². The molecule has 0 aromatic heterocycles. The Balaban J connectivity index is 0.00000341. The quantitative estimate of drug-likeness (QED) is 0.162. The molecule has 168 valence electrons. The van der Waals surface area contributed by atoms with Gasteiger partial charge in [-0.3, -0.25) is 9.79 Å². The van der Waals surface area contributed by atoms with Gasteiger partial charge in [-0.05, 0) is 36.2 Å². The summed E-state index contributed by atoms with van der Waals surface area (Å²) in [7, 11) is 1.74. The summed E-state index contributed by atoms with van der Waals surface area (Å²) in [6.45, 7) is 3.02. The SMILES string of the molecule is CN=C(NCCSc1ccc(F)cc1)NCC1CC(=O)N(CCc2ccccc2)C1.I. The average Bonchev–Trinajstić information content (AvgIpc) is 3.13. The van der Waals surface area contributed by atoms with Crippen molar-refractivity contribution in [3.8, 4) is 0 Å². The molecule has 2 aromatic rings. The minimum Gasteiger partial charge on any atom is -0.356 e. The predicted octanol–water partition coefficient (Wildman–Crippen LogP) is 3.79. The second-order valence-corrected chi connectivity index (χ2v) is 8.50. The largest absolute Gasteiger partial charge is 0.356 e. The van der Waals surface area contributed by atoms with Crippen molar-refractivity contribution in [2.24, 2.45) is 10.9 Å². The highest BCUT2D eigenvalue weighted by atomic mass is 127. The van der Waals surface area contributed by atoms with Gasteiger partial charge >= 0.3 is 0 Å². The second-order valence-electron chi connectivity index (χ2n) is 7.33. The van der Waals surface area contributed by atoms with Gasteiger partial charge in [0.25, 0.3) is 0 Å². The van der Waals surface area contributed by atoms with Crippen molar-refractivity contribution in [3.63, 3.8) is 0 Å². The third kappa shape index (κ3) is 8.68. The third-order valence-electron chi connectivity index (χ3n) is 5.07. The molecule has 2 aromatic carbocycles. The van der Waals surface area contributed by atoms with Crippen molar-refractivity contribution in [1.29, 1.82) is 0 Å². The van der Waals surface area contributed by atoms with Gasteiger partial charge in [-0.25, -0.2) is 4.39 Å². The van der Waals surface area contributed by atoms with Gasteiger partial charge in [0.15, 0.2) is 5.96 Å². The van der Waals surface area contributed by atoms with Gasteiger partial charge in [0.2, 0.25) is 5.91 Å². The maximum atomic E-state index is 12.9. The summed E-state index contributed by atoms with van der Waals surface area (Å²) >= 11 is 1.67. The Morgan fingerprint density at radius 1 is 1.16 bits per heavy atom. The first-order chi connectivity index (χ1) is 14.6. The number of halogens is 2. The number of nitrogens with one attached hydrogen (secondary N) is 2. The monoisotopic (exact) mass is 556 g/mol. The van der Waals surface area contributed by atoms with Gasteiger partial charge in [0, 0.05) is 56.2 Å². The summed E-state index contributed by atoms with van der Waals surface area (Å²) in [5.41, 5.74) is 1.26. The van der Waals surface area contributed by atoms with E-state index in [1.54, 1.807) is 30.9 Å². The Bertz CT molecular complexity index is 835. The Kier molecular flexibility index (Phi) is 11.1. The number of rotatable bonds is 9. The van der Waals surface area contributed by atoms with Crippen LogP contribution in [0.15, 0.2) is 64.5 Å². The number of hydrogen-bond donors (Lipinski definition) is 2. The Hall–Kier alpha value is -1.81. The summed E-state index contributed by atoms with van der Waals surface area (Å²) in [5.74, 6) is 1.90. The standard InChI is InChI=1S/C23H29FN4OS.HI/c1-25-23(26-12-14-30-21-9-7-20(24)8-10-21)27-16-19-15-22(29)28(17-19)13-11-18-5-3-2-4-6-18;/h2-10,19H,11-17H2,1H3,(H2,25,26,27);1H. The number of aliphatic imine (C=N–C) groups is 1. The van der Waals surface area contributed by atoms with E-state index in [1.807, 2.05) is 23.1 Å². The Morgan fingerprint density at radius 3 is 2.61 bits per heavy atom. The molecule has 3 rings (SSSR count). The zero-order chi connectivity index (χ0) is 21.2. The normalized spacial score (nSPS) is 16.2. The van der Waals surface area contributed by atoms with E-state index < -0.39 is 0 Å². The molecule has 1 saturated heterocycles. The molecule has 0 bridgehead atoms. The van der Waals surface area contributed by atoms with Crippen molar-refractivity contribution >= 4 is 47.6 Å². The summed E-state index contributed by atoms with van der Waals surface area (Å²) in [6, 6.07) is 16.8. The topological polar surface area (TPSA) is 56.7 Å². The van der Waals surface area contributed by atoms with Crippen molar-refractivity contribution in [2.75, 3.05) is 39.0 Å². The highest BCUT2D eigenvalue weighted by molar-refractivity contribution is 14.0. The van der Waals surface area contributed by atoms with Crippen LogP contribution in [0, 0.1) is 11.7 Å². The summed E-state index contributed by atoms with van der Waals surface area (Å²) < 4.78 is 12.9. The Morgan fingerprint density at radius 2 is 1.90 bits per heavy atom. The van der Waals surface area contributed by atoms with Crippen LogP contribution in [0.2, 0.25) is 0 Å². The lowest BCUT2D eigenvalue weighted by Gasteiger charge is -2.18. The van der Waals surface area contributed by atoms with Crippen LogP contribution in [0.4, 0.5) is 4.39 Å². The summed E-state index contributed by atoms with van der Waals surface area (Å²) in [5, 5.41) is 6.62. The van der Waals surface area contributed by atoms with Gasteiger partial charge in [-0.15, -0.1) is 35.7 Å². The predicted molar refractivity (Wildman–Crippen MR) is 137 cm³/mol. The molecular formula is C23H30FIN4OS. The van der Waals surface area contributed by atoms with E-state index in [1.165, 1.54) is 17.7 Å². The number of benzene rings is 2. The van der Waals surface area contributed by atoms with Gasteiger partial charge < -0.3 is 15.5 Å². The van der Waals surface area contributed by atoms with Gasteiger partial charge in [0.05, 0.1) is 0 Å². The molecule has 1 atom stereocenters. The zero-order valence-electron chi connectivity index (χ0n) is 17.7. The summed E-state index contributed by atoms with van der Waals surface area (Å²) in [4.78, 5) is 19.6. The van der Waals surface area contributed by atoms with Crippen molar-refractivity contribution in [2.45, 2.75) is 17.7 Å². The fourth-order valence-electron chi connectivity index (χ4n) is 3.45. The average molecular weight is 556 g/mol. The van der Waals surface area contributed by atoms with E-state index in [2.05, 4.69) is 27.8 Å². The van der Waals surface area contributed by atoms with Crippen LogP contribution in [0.3, 0.4) is 0 Å². The molecule has 31 heavy (non-hydrogen) atoms. The lowest BCUT2D eigenvalue weighted by Crippen LogP contribution is -2.41. The third-order valence-corrected chi connectivity index (χ3v) is 6.08. The fourth-order valence-corrected chi connectivity index (χ4v) is 4.21. The van der Waals surface area contributed by atoms with Crippen LogP contribution in [0.5, 0.6) is 0 Å². The number of carbonyl (C=O) groups excluding carboxylic acids is 1. The fraction of sp³-hybridized carbons (Fsp3) is 0.391. The molecule has 0 aliphatic carbocycles. The van der Waals surface area contributed by atoms with Gasteiger partial charge in [-0.2, -0.15) is 0 Å². The van der Waals surface area contributed by atoms with Crippen molar-refractivity contribution in [3.05, 3.63) is 66.0 Å². The highest BCUT2D eigenvalue weighted by Gasteiger charge is 2.29. The van der Waals surface area contributed by atoms with Crippen molar-refractivity contribution < 1.29 is 9.18 Å². The minimum absolute atomic E-state index is 0. The van der Waals surface area contributed by atoms with Crippen LogP contribution >= 0.6 is 35.7 Å². The smallest absolute Gasteiger partial charge is 0.223 e. The van der Waals surface area contributed by atoms with E-state index in [4.69, 9.17) is 0 Å². The van der Waals surface area contributed by atoms with E-state index in [-0.39, 0.29) is 35.7 Å². The molecule has 0 spiro atoms. The number of hydrogen-bond acceptors (Lipinski definition) is 3. The lowest BCUT2D eigenvalue weighted by molar-refractivity contribution is -0.127.